The van der Waals surface area contributed by atoms with Gasteiger partial charge in [-0.05, 0) is 32.0 Å². The summed E-state index contributed by atoms with van der Waals surface area (Å²) in [4.78, 5) is 31.4. The van der Waals surface area contributed by atoms with Crippen molar-refractivity contribution in [1.29, 1.82) is 0 Å². The number of nitrogens with one attached hydrogen (secondary N) is 3. The summed E-state index contributed by atoms with van der Waals surface area (Å²) in [6.07, 6.45) is -3.84. The van der Waals surface area contributed by atoms with E-state index < -0.39 is 17.6 Å². The SMILES string of the molecule is CC(C)NC(=O)Nc1nc2c(s1)CN(CC(=O)Nc1cccc(C(F)(F)F)c1)CC2. The van der Waals surface area contributed by atoms with E-state index in [4.69, 9.17) is 0 Å². The van der Waals surface area contributed by atoms with E-state index in [2.05, 4.69) is 20.9 Å². The lowest BCUT2D eigenvalue weighted by Crippen LogP contribution is -2.36. The molecule has 7 nitrogen and oxygen atoms in total. The monoisotopic (exact) mass is 441 g/mol. The number of fused-ring (bicyclic) bond motifs is 1. The Labute approximate surface area is 175 Å². The largest absolute Gasteiger partial charge is 0.416 e. The third-order valence-corrected chi connectivity index (χ3v) is 5.29. The number of hydrogen-bond donors (Lipinski definition) is 3. The summed E-state index contributed by atoms with van der Waals surface area (Å²) >= 11 is 1.35. The number of halogens is 3. The van der Waals surface area contributed by atoms with E-state index in [9.17, 15) is 22.8 Å². The number of benzene rings is 1. The van der Waals surface area contributed by atoms with Crippen molar-refractivity contribution in [3.8, 4) is 0 Å². The van der Waals surface area contributed by atoms with Gasteiger partial charge >= 0.3 is 12.2 Å². The topological polar surface area (TPSA) is 86.4 Å². The number of carbonyl (C=O) groups excluding carboxylic acids is 2. The molecule has 162 valence electrons. The fraction of sp³-hybridized carbons (Fsp3) is 0.421. The first-order chi connectivity index (χ1) is 14.1. The summed E-state index contributed by atoms with van der Waals surface area (Å²) in [6, 6.07) is 4.23. The predicted molar refractivity (Wildman–Crippen MR) is 108 cm³/mol. The van der Waals surface area contributed by atoms with Crippen LogP contribution in [-0.4, -0.2) is 41.0 Å². The summed E-state index contributed by atoms with van der Waals surface area (Å²) < 4.78 is 38.4. The van der Waals surface area contributed by atoms with E-state index in [-0.39, 0.29) is 24.3 Å². The molecule has 3 amide bonds. The molecule has 0 unspecified atom stereocenters. The smallest absolute Gasteiger partial charge is 0.336 e. The minimum atomic E-state index is -4.46. The molecule has 0 fully saturated rings. The van der Waals surface area contributed by atoms with Crippen LogP contribution in [0.2, 0.25) is 0 Å². The number of rotatable bonds is 5. The molecule has 3 rings (SSSR count). The normalized spacial score (nSPS) is 14.3. The summed E-state index contributed by atoms with van der Waals surface area (Å²) in [7, 11) is 0. The standard InChI is InChI=1S/C19H22F3N5O2S/c1-11(2)23-17(29)26-18-25-14-6-7-27(9-15(14)30-18)10-16(28)24-13-5-3-4-12(8-13)19(20,21)22/h3-5,8,11H,6-7,9-10H2,1-2H3,(H,24,28)(H2,23,25,26,29). The number of thiazole rings is 1. The van der Waals surface area contributed by atoms with Gasteiger partial charge in [-0.25, -0.2) is 9.78 Å². The van der Waals surface area contributed by atoms with Crippen molar-refractivity contribution in [3.63, 3.8) is 0 Å². The Morgan fingerprint density at radius 3 is 2.73 bits per heavy atom. The predicted octanol–water partition coefficient (Wildman–Crippen LogP) is 3.69. The number of anilines is 2. The Morgan fingerprint density at radius 1 is 1.27 bits per heavy atom. The molecule has 0 bridgehead atoms. The first kappa shape index (κ1) is 22.0. The molecule has 11 heteroatoms. The van der Waals surface area contributed by atoms with Crippen molar-refractivity contribution in [2.45, 2.75) is 39.0 Å². The van der Waals surface area contributed by atoms with Crippen LogP contribution in [-0.2, 0) is 23.9 Å². The van der Waals surface area contributed by atoms with E-state index in [0.29, 0.717) is 24.6 Å². The average molecular weight is 441 g/mol. The molecule has 2 heterocycles. The second kappa shape index (κ2) is 9.00. The number of aromatic nitrogens is 1. The first-order valence-electron chi connectivity index (χ1n) is 9.35. The Hall–Kier alpha value is -2.66. The molecule has 1 aliphatic rings. The maximum atomic E-state index is 12.8. The van der Waals surface area contributed by atoms with Gasteiger partial charge in [0, 0.05) is 36.1 Å². The summed E-state index contributed by atoms with van der Waals surface area (Å²) in [5, 5.41) is 8.44. The van der Waals surface area contributed by atoms with Crippen LogP contribution in [0.1, 0.15) is 30.0 Å². The molecule has 3 N–H and O–H groups in total. The van der Waals surface area contributed by atoms with Gasteiger partial charge < -0.3 is 10.6 Å². The highest BCUT2D eigenvalue weighted by atomic mass is 32.1. The maximum Gasteiger partial charge on any atom is 0.416 e. The molecule has 30 heavy (non-hydrogen) atoms. The lowest BCUT2D eigenvalue weighted by molar-refractivity contribution is -0.137. The minimum absolute atomic E-state index is 0.00502. The van der Waals surface area contributed by atoms with Crippen molar-refractivity contribution in [3.05, 3.63) is 40.4 Å². The Bertz CT molecular complexity index is 929. The van der Waals surface area contributed by atoms with E-state index in [1.807, 2.05) is 18.7 Å². The zero-order valence-corrected chi connectivity index (χ0v) is 17.3. The molecule has 0 aliphatic carbocycles. The number of hydrogen-bond acceptors (Lipinski definition) is 5. The molecule has 0 saturated heterocycles. The quantitative estimate of drug-likeness (QED) is 0.661. The van der Waals surface area contributed by atoms with Gasteiger partial charge in [0.1, 0.15) is 0 Å². The van der Waals surface area contributed by atoms with Crippen LogP contribution in [0.25, 0.3) is 0 Å². The number of alkyl halides is 3. The molecule has 0 saturated carbocycles. The van der Waals surface area contributed by atoms with Gasteiger partial charge in [-0.3, -0.25) is 15.0 Å². The second-order valence-electron chi connectivity index (χ2n) is 7.23. The maximum absolute atomic E-state index is 12.8. The molecule has 2 aromatic rings. The van der Waals surface area contributed by atoms with Crippen molar-refractivity contribution in [2.75, 3.05) is 23.7 Å². The van der Waals surface area contributed by atoms with Crippen LogP contribution in [0.3, 0.4) is 0 Å². The number of amides is 3. The van der Waals surface area contributed by atoms with Crippen LogP contribution < -0.4 is 16.0 Å². The van der Waals surface area contributed by atoms with E-state index in [1.165, 1.54) is 23.5 Å². The fourth-order valence-electron chi connectivity index (χ4n) is 3.01. The highest BCUT2D eigenvalue weighted by molar-refractivity contribution is 7.15. The third kappa shape index (κ3) is 5.92. The molecule has 0 radical (unpaired) electrons. The Morgan fingerprint density at radius 2 is 2.03 bits per heavy atom. The number of carbonyl (C=O) groups is 2. The number of urea groups is 1. The van der Waals surface area contributed by atoms with Crippen molar-refractivity contribution >= 4 is 34.1 Å². The molecule has 0 atom stereocenters. The van der Waals surface area contributed by atoms with E-state index in [0.717, 1.165) is 22.7 Å². The van der Waals surface area contributed by atoms with Crippen molar-refractivity contribution in [1.82, 2.24) is 15.2 Å². The average Bonchev–Trinajstić information content (AvgIpc) is 3.01. The van der Waals surface area contributed by atoms with Gasteiger partial charge in [-0.15, -0.1) is 11.3 Å². The molecular formula is C19H22F3N5O2S. The minimum Gasteiger partial charge on any atom is -0.336 e. The lowest BCUT2D eigenvalue weighted by Gasteiger charge is -2.25. The summed E-state index contributed by atoms with van der Waals surface area (Å²) in [5.74, 6) is -0.392. The van der Waals surface area contributed by atoms with Gasteiger partial charge in [0.25, 0.3) is 0 Å². The van der Waals surface area contributed by atoms with Gasteiger partial charge in [-0.1, -0.05) is 6.07 Å². The van der Waals surface area contributed by atoms with Crippen molar-refractivity contribution < 1.29 is 22.8 Å². The van der Waals surface area contributed by atoms with Crippen LogP contribution in [0.5, 0.6) is 0 Å². The molecule has 1 aromatic carbocycles. The number of nitrogens with zero attached hydrogens (tertiary/aromatic N) is 2. The van der Waals surface area contributed by atoms with Crippen molar-refractivity contribution in [2.24, 2.45) is 0 Å². The molecule has 1 aliphatic heterocycles. The lowest BCUT2D eigenvalue weighted by atomic mass is 10.1. The van der Waals surface area contributed by atoms with Crippen LogP contribution in [0, 0.1) is 0 Å². The Balaban J connectivity index is 1.56. The van der Waals surface area contributed by atoms with Crippen LogP contribution >= 0.6 is 11.3 Å². The van der Waals surface area contributed by atoms with Crippen LogP contribution in [0.4, 0.5) is 28.8 Å². The first-order valence-corrected chi connectivity index (χ1v) is 10.2. The molecule has 1 aromatic heterocycles. The highest BCUT2D eigenvalue weighted by Crippen LogP contribution is 2.31. The zero-order valence-electron chi connectivity index (χ0n) is 16.5. The molecule has 0 spiro atoms. The molecular weight excluding hydrogens is 419 g/mol. The van der Waals surface area contributed by atoms with Gasteiger partial charge in [-0.2, -0.15) is 13.2 Å². The second-order valence-corrected chi connectivity index (χ2v) is 8.31. The van der Waals surface area contributed by atoms with Gasteiger partial charge in [0.2, 0.25) is 5.91 Å². The zero-order chi connectivity index (χ0) is 21.9. The van der Waals surface area contributed by atoms with E-state index >= 15 is 0 Å². The third-order valence-electron chi connectivity index (χ3n) is 4.29. The summed E-state index contributed by atoms with van der Waals surface area (Å²) in [6.45, 7) is 4.83. The fourth-order valence-corrected chi connectivity index (χ4v) is 4.05. The van der Waals surface area contributed by atoms with Gasteiger partial charge in [0.05, 0.1) is 17.8 Å². The summed E-state index contributed by atoms with van der Waals surface area (Å²) in [5.41, 5.74) is 0.177. The Kier molecular flexibility index (Phi) is 6.61. The highest BCUT2D eigenvalue weighted by Gasteiger charge is 2.30. The van der Waals surface area contributed by atoms with Gasteiger partial charge in [0.15, 0.2) is 5.13 Å². The van der Waals surface area contributed by atoms with Crippen LogP contribution in [0.15, 0.2) is 24.3 Å². The van der Waals surface area contributed by atoms with E-state index in [1.54, 1.807) is 0 Å².